The Labute approximate surface area is 121 Å². The number of nitrogen functional groups attached to an aromatic ring is 1. The van der Waals surface area contributed by atoms with Crippen molar-refractivity contribution in [3.63, 3.8) is 0 Å². The first-order chi connectivity index (χ1) is 9.40. The van der Waals surface area contributed by atoms with Crippen LogP contribution in [-0.2, 0) is 10.8 Å². The van der Waals surface area contributed by atoms with Crippen LogP contribution < -0.4 is 20.5 Å². The van der Waals surface area contributed by atoms with Gasteiger partial charge < -0.3 is 20.5 Å². The second kappa shape index (κ2) is 7.14. The number of amides is 1. The maximum absolute atomic E-state index is 12.1. The van der Waals surface area contributed by atoms with Gasteiger partial charge in [0.2, 0.25) is 0 Å². The lowest BCUT2D eigenvalue weighted by Gasteiger charge is -2.14. The minimum absolute atomic E-state index is 0.125. The molecule has 0 aliphatic rings. The van der Waals surface area contributed by atoms with Crippen LogP contribution in [0.2, 0.25) is 0 Å². The topological polar surface area (TPSA) is 90.6 Å². The van der Waals surface area contributed by atoms with Crippen LogP contribution in [0.1, 0.15) is 17.3 Å². The van der Waals surface area contributed by atoms with Gasteiger partial charge in [0, 0.05) is 40.6 Å². The molecule has 112 valence electrons. The Kier molecular flexibility index (Phi) is 5.82. The fourth-order valence-corrected chi connectivity index (χ4v) is 1.86. The summed E-state index contributed by atoms with van der Waals surface area (Å²) in [6.45, 7) is 2.12. The molecule has 1 amide bonds. The van der Waals surface area contributed by atoms with Crippen molar-refractivity contribution in [2.24, 2.45) is 0 Å². The van der Waals surface area contributed by atoms with E-state index in [1.165, 1.54) is 26.4 Å². The standard InChI is InChI=1S/C13H20N2O4S/c1-8(20(4)17)7-15-13(16)9-5-11(18-2)12(19-3)6-10(9)14/h5-6,8H,7,14H2,1-4H3,(H,15,16). The zero-order valence-electron chi connectivity index (χ0n) is 12.1. The SMILES string of the molecule is COc1cc(N)c(C(=O)NCC(C)S(C)=O)cc1OC. The Hall–Kier alpha value is -1.76. The van der Waals surface area contributed by atoms with Crippen molar-refractivity contribution in [2.75, 3.05) is 32.8 Å². The summed E-state index contributed by atoms with van der Waals surface area (Å²) in [5.74, 6) is 0.560. The summed E-state index contributed by atoms with van der Waals surface area (Å²) in [4.78, 5) is 12.1. The molecule has 2 atom stereocenters. The van der Waals surface area contributed by atoms with Gasteiger partial charge in [0.1, 0.15) is 0 Å². The highest BCUT2D eigenvalue weighted by Crippen LogP contribution is 2.31. The quantitative estimate of drug-likeness (QED) is 0.758. The van der Waals surface area contributed by atoms with Crippen LogP contribution >= 0.6 is 0 Å². The molecule has 20 heavy (non-hydrogen) atoms. The van der Waals surface area contributed by atoms with Crippen molar-refractivity contribution < 1.29 is 18.5 Å². The number of nitrogens with two attached hydrogens (primary N) is 1. The van der Waals surface area contributed by atoms with Crippen LogP contribution in [0.15, 0.2) is 12.1 Å². The highest BCUT2D eigenvalue weighted by atomic mass is 32.2. The van der Waals surface area contributed by atoms with E-state index in [2.05, 4.69) is 5.32 Å². The number of rotatable bonds is 6. The van der Waals surface area contributed by atoms with Crippen molar-refractivity contribution in [2.45, 2.75) is 12.2 Å². The molecule has 3 N–H and O–H groups in total. The molecule has 0 fully saturated rings. The number of carbonyl (C=O) groups is 1. The minimum atomic E-state index is -0.990. The van der Waals surface area contributed by atoms with E-state index < -0.39 is 10.8 Å². The fraction of sp³-hybridized carbons (Fsp3) is 0.462. The lowest BCUT2D eigenvalue weighted by atomic mass is 10.1. The van der Waals surface area contributed by atoms with E-state index in [1.54, 1.807) is 13.2 Å². The second-order valence-electron chi connectivity index (χ2n) is 4.31. The molecule has 0 aliphatic heterocycles. The van der Waals surface area contributed by atoms with E-state index >= 15 is 0 Å². The summed E-state index contributed by atoms with van der Waals surface area (Å²) in [5, 5.41) is 2.58. The Morgan fingerprint density at radius 1 is 1.35 bits per heavy atom. The molecule has 0 saturated carbocycles. The van der Waals surface area contributed by atoms with Crippen LogP contribution in [0.4, 0.5) is 5.69 Å². The number of anilines is 1. The van der Waals surface area contributed by atoms with Crippen molar-refractivity contribution in [3.05, 3.63) is 17.7 Å². The smallest absolute Gasteiger partial charge is 0.253 e. The van der Waals surface area contributed by atoms with Crippen LogP contribution in [0.5, 0.6) is 11.5 Å². The number of benzene rings is 1. The average Bonchev–Trinajstić information content (AvgIpc) is 2.43. The largest absolute Gasteiger partial charge is 0.493 e. The van der Waals surface area contributed by atoms with E-state index in [0.717, 1.165) is 0 Å². The number of carbonyl (C=O) groups excluding carboxylic acids is 1. The van der Waals surface area contributed by atoms with Crippen molar-refractivity contribution in [3.8, 4) is 11.5 Å². The Balaban J connectivity index is 2.90. The molecule has 0 heterocycles. The molecule has 0 radical (unpaired) electrons. The molecule has 0 saturated heterocycles. The summed E-state index contributed by atoms with van der Waals surface area (Å²) < 4.78 is 21.5. The van der Waals surface area contributed by atoms with Gasteiger partial charge in [-0.3, -0.25) is 9.00 Å². The second-order valence-corrected chi connectivity index (χ2v) is 6.12. The van der Waals surface area contributed by atoms with E-state index in [-0.39, 0.29) is 11.2 Å². The first-order valence-electron chi connectivity index (χ1n) is 6.02. The molecule has 1 aromatic carbocycles. The summed E-state index contributed by atoms with van der Waals surface area (Å²) in [5.41, 5.74) is 6.43. The zero-order valence-corrected chi connectivity index (χ0v) is 12.9. The Morgan fingerprint density at radius 3 is 2.40 bits per heavy atom. The predicted molar refractivity (Wildman–Crippen MR) is 79.8 cm³/mol. The van der Waals surface area contributed by atoms with Crippen molar-refractivity contribution >= 4 is 22.4 Å². The van der Waals surface area contributed by atoms with Crippen LogP contribution in [0, 0.1) is 0 Å². The first-order valence-corrected chi connectivity index (χ1v) is 7.64. The monoisotopic (exact) mass is 300 g/mol. The Morgan fingerprint density at radius 2 is 1.90 bits per heavy atom. The number of methoxy groups -OCH3 is 2. The minimum Gasteiger partial charge on any atom is -0.493 e. The molecule has 2 unspecified atom stereocenters. The predicted octanol–water partition coefficient (Wildman–Crippen LogP) is 0.783. The van der Waals surface area contributed by atoms with Gasteiger partial charge in [-0.15, -0.1) is 0 Å². The third-order valence-corrected chi connectivity index (χ3v) is 4.22. The lowest BCUT2D eigenvalue weighted by Crippen LogP contribution is -2.33. The van der Waals surface area contributed by atoms with Gasteiger partial charge in [-0.25, -0.2) is 0 Å². The van der Waals surface area contributed by atoms with Gasteiger partial charge in [0.15, 0.2) is 11.5 Å². The van der Waals surface area contributed by atoms with Gasteiger partial charge in [-0.05, 0) is 13.0 Å². The molecule has 0 spiro atoms. The normalized spacial score (nSPS) is 13.4. The van der Waals surface area contributed by atoms with Crippen molar-refractivity contribution in [1.82, 2.24) is 5.32 Å². The first kappa shape index (κ1) is 16.3. The maximum atomic E-state index is 12.1. The van der Waals surface area contributed by atoms with Crippen molar-refractivity contribution in [1.29, 1.82) is 0 Å². The summed E-state index contributed by atoms with van der Waals surface area (Å²) >= 11 is 0. The van der Waals surface area contributed by atoms with Gasteiger partial charge in [0.05, 0.1) is 19.8 Å². The van der Waals surface area contributed by atoms with E-state index in [0.29, 0.717) is 29.3 Å². The average molecular weight is 300 g/mol. The summed E-state index contributed by atoms with van der Waals surface area (Å²) in [6.07, 6.45) is 1.60. The zero-order chi connectivity index (χ0) is 15.3. The van der Waals surface area contributed by atoms with Crippen LogP contribution in [-0.4, -0.2) is 42.4 Å². The maximum Gasteiger partial charge on any atom is 0.253 e. The molecule has 0 bridgehead atoms. The number of hydrogen-bond donors (Lipinski definition) is 2. The van der Waals surface area contributed by atoms with Gasteiger partial charge in [-0.2, -0.15) is 0 Å². The number of nitrogens with one attached hydrogen (secondary N) is 1. The molecule has 7 heteroatoms. The fourth-order valence-electron chi connectivity index (χ4n) is 1.54. The van der Waals surface area contributed by atoms with Gasteiger partial charge >= 0.3 is 0 Å². The molecule has 0 aromatic heterocycles. The Bertz CT molecular complexity index is 519. The summed E-state index contributed by atoms with van der Waals surface area (Å²) in [7, 11) is 1.99. The molecule has 1 aromatic rings. The number of hydrogen-bond acceptors (Lipinski definition) is 5. The lowest BCUT2D eigenvalue weighted by molar-refractivity contribution is 0.0954. The van der Waals surface area contributed by atoms with Gasteiger partial charge in [0.25, 0.3) is 5.91 Å². The van der Waals surface area contributed by atoms with E-state index in [1.807, 2.05) is 0 Å². The highest BCUT2D eigenvalue weighted by Gasteiger charge is 2.16. The molecule has 0 aliphatic carbocycles. The third kappa shape index (κ3) is 3.86. The highest BCUT2D eigenvalue weighted by molar-refractivity contribution is 7.84. The van der Waals surface area contributed by atoms with E-state index in [9.17, 15) is 9.00 Å². The molecule has 6 nitrogen and oxygen atoms in total. The van der Waals surface area contributed by atoms with Crippen LogP contribution in [0.3, 0.4) is 0 Å². The van der Waals surface area contributed by atoms with Gasteiger partial charge in [-0.1, -0.05) is 0 Å². The molecular weight excluding hydrogens is 280 g/mol. The third-order valence-electron chi connectivity index (χ3n) is 2.92. The summed E-state index contributed by atoms with van der Waals surface area (Å²) in [6, 6.07) is 3.06. The number of ether oxygens (including phenoxy) is 2. The van der Waals surface area contributed by atoms with E-state index in [4.69, 9.17) is 15.2 Å². The molecular formula is C13H20N2O4S. The molecule has 1 rings (SSSR count). The van der Waals surface area contributed by atoms with Crippen LogP contribution in [0.25, 0.3) is 0 Å².